The number of rotatable bonds is 6. The molecule has 0 atom stereocenters. The first kappa shape index (κ1) is 26.7. The van der Waals surface area contributed by atoms with Gasteiger partial charge in [0, 0.05) is 18.2 Å². The molecule has 38 heavy (non-hydrogen) atoms. The van der Waals surface area contributed by atoms with Crippen LogP contribution in [-0.4, -0.2) is 51.4 Å². The summed E-state index contributed by atoms with van der Waals surface area (Å²) in [5.74, 6) is 0.185. The van der Waals surface area contributed by atoms with Crippen molar-refractivity contribution in [3.8, 4) is 11.5 Å². The molecule has 0 aliphatic heterocycles. The van der Waals surface area contributed by atoms with Crippen LogP contribution in [0.25, 0.3) is 22.6 Å². The van der Waals surface area contributed by atoms with Crippen LogP contribution in [0.5, 0.6) is 11.5 Å². The fourth-order valence-electron chi connectivity index (χ4n) is 4.00. The Labute approximate surface area is 224 Å². The Kier molecular flexibility index (Phi) is 7.19. The van der Waals surface area contributed by atoms with Crippen molar-refractivity contribution in [3.05, 3.63) is 59.0 Å². The molecule has 198 valence electrons. The van der Waals surface area contributed by atoms with Gasteiger partial charge in [-0.25, -0.2) is 24.5 Å². The molecule has 4 aromatic rings. The Hall–Kier alpha value is -4.31. The lowest BCUT2D eigenvalue weighted by Gasteiger charge is -2.29. The smallest absolute Gasteiger partial charge is 0.420 e. The number of aromatic nitrogens is 3. The Morgan fingerprint density at radius 1 is 1.11 bits per heavy atom. The fraction of sp³-hybridized carbons (Fsp3) is 0.259. The summed E-state index contributed by atoms with van der Waals surface area (Å²) in [6.07, 6.45) is 3.13. The van der Waals surface area contributed by atoms with Crippen molar-refractivity contribution in [2.45, 2.75) is 33.3 Å². The number of hydrogen-bond donors (Lipinski definition) is 1. The van der Waals surface area contributed by atoms with Gasteiger partial charge >= 0.3 is 12.1 Å². The standard InChI is InChI=1S/C27H27ClN4O6/c1-15-8-7-9-16(28)24(15)32(26(35)38-27(2,3)4)25-19-14-29-22(10-11-23(33)34)31(19)18-13-21(37-6)20(36-5)12-17(18)30-25/h7-14H,1-6H3,(H,33,34)/b11-10+. The lowest BCUT2D eigenvalue weighted by molar-refractivity contribution is -0.131. The summed E-state index contributed by atoms with van der Waals surface area (Å²) in [4.78, 5) is 35.6. The van der Waals surface area contributed by atoms with Crippen molar-refractivity contribution < 1.29 is 28.9 Å². The normalized spacial score (nSPS) is 11.8. The maximum atomic E-state index is 13.7. The third kappa shape index (κ3) is 5.08. The number of nitrogens with zero attached hydrogens (tertiary/aromatic N) is 4. The highest BCUT2D eigenvalue weighted by atomic mass is 35.5. The van der Waals surface area contributed by atoms with Crippen LogP contribution >= 0.6 is 11.6 Å². The van der Waals surface area contributed by atoms with Gasteiger partial charge in [0.05, 0.1) is 42.2 Å². The number of para-hydroxylation sites is 1. The molecule has 1 amide bonds. The first-order valence-corrected chi connectivity index (χ1v) is 12.0. The summed E-state index contributed by atoms with van der Waals surface area (Å²) < 4.78 is 18.4. The van der Waals surface area contributed by atoms with Gasteiger partial charge in [0.15, 0.2) is 17.3 Å². The molecule has 2 aromatic heterocycles. The van der Waals surface area contributed by atoms with Gasteiger partial charge in [-0.15, -0.1) is 0 Å². The van der Waals surface area contributed by atoms with Gasteiger partial charge in [-0.05, 0) is 45.4 Å². The zero-order chi connectivity index (χ0) is 27.8. The number of carboxylic acids is 1. The van der Waals surface area contributed by atoms with Crippen LogP contribution in [0.1, 0.15) is 32.2 Å². The molecule has 10 nitrogen and oxygen atoms in total. The molecule has 0 bridgehead atoms. The Bertz CT molecular complexity index is 1570. The number of ether oxygens (including phenoxy) is 3. The Morgan fingerprint density at radius 2 is 1.79 bits per heavy atom. The number of hydrogen-bond acceptors (Lipinski definition) is 7. The van der Waals surface area contributed by atoms with Gasteiger partial charge in [0.2, 0.25) is 0 Å². The van der Waals surface area contributed by atoms with Crippen LogP contribution in [0, 0.1) is 6.92 Å². The van der Waals surface area contributed by atoms with E-state index in [0.717, 1.165) is 6.08 Å². The van der Waals surface area contributed by atoms with E-state index in [1.54, 1.807) is 49.4 Å². The van der Waals surface area contributed by atoms with Crippen molar-refractivity contribution in [1.82, 2.24) is 14.4 Å². The van der Waals surface area contributed by atoms with E-state index in [0.29, 0.717) is 50.1 Å². The van der Waals surface area contributed by atoms with E-state index < -0.39 is 17.7 Å². The molecule has 0 aliphatic rings. The number of benzene rings is 2. The predicted molar refractivity (Wildman–Crippen MR) is 145 cm³/mol. The maximum Gasteiger partial charge on any atom is 0.420 e. The first-order valence-electron chi connectivity index (χ1n) is 11.6. The van der Waals surface area contributed by atoms with Crippen LogP contribution in [0.15, 0.2) is 42.6 Å². The summed E-state index contributed by atoms with van der Waals surface area (Å²) >= 11 is 6.62. The number of aryl methyl sites for hydroxylation is 1. The lowest BCUT2D eigenvalue weighted by atomic mass is 10.1. The topological polar surface area (TPSA) is 115 Å². The number of carboxylic acid groups (broad SMARTS) is 1. The van der Waals surface area contributed by atoms with E-state index in [4.69, 9.17) is 30.8 Å². The molecule has 0 unspecified atom stereocenters. The van der Waals surface area contributed by atoms with E-state index in [-0.39, 0.29) is 5.82 Å². The van der Waals surface area contributed by atoms with Crippen LogP contribution in [-0.2, 0) is 9.53 Å². The van der Waals surface area contributed by atoms with Gasteiger partial charge < -0.3 is 19.3 Å². The quantitative estimate of drug-likeness (QED) is 0.296. The van der Waals surface area contributed by atoms with E-state index in [9.17, 15) is 14.7 Å². The van der Waals surface area contributed by atoms with Gasteiger partial charge in [0.25, 0.3) is 0 Å². The molecule has 0 radical (unpaired) electrons. The van der Waals surface area contributed by atoms with Crippen molar-refractivity contribution >= 4 is 57.8 Å². The van der Waals surface area contributed by atoms with E-state index in [1.807, 2.05) is 13.0 Å². The third-order valence-corrected chi connectivity index (χ3v) is 5.85. The molecular formula is C27H27ClN4O6. The number of carbonyl (C=O) groups excluding carboxylic acids is 1. The number of carbonyl (C=O) groups is 2. The number of halogens is 1. The summed E-state index contributed by atoms with van der Waals surface area (Å²) in [5, 5.41) is 9.54. The van der Waals surface area contributed by atoms with Crippen LogP contribution in [0.3, 0.4) is 0 Å². The molecule has 11 heteroatoms. The molecule has 0 aliphatic carbocycles. The summed E-state index contributed by atoms with van der Waals surface area (Å²) in [6, 6.07) is 8.64. The maximum absolute atomic E-state index is 13.7. The average molecular weight is 539 g/mol. The van der Waals surface area contributed by atoms with Gasteiger partial charge in [-0.3, -0.25) is 4.40 Å². The van der Waals surface area contributed by atoms with Gasteiger partial charge in [-0.2, -0.15) is 0 Å². The number of fused-ring (bicyclic) bond motifs is 3. The highest BCUT2D eigenvalue weighted by Crippen LogP contribution is 2.40. The number of anilines is 2. The SMILES string of the molecule is COc1cc2nc(N(C(=O)OC(C)(C)C)c3c(C)cccc3Cl)c3cnc(/C=C/C(=O)O)n3c2cc1OC. The molecule has 0 fully saturated rings. The predicted octanol–water partition coefficient (Wildman–Crippen LogP) is 6.03. The van der Waals surface area contributed by atoms with Crippen LogP contribution in [0.2, 0.25) is 5.02 Å². The Morgan fingerprint density at radius 3 is 2.39 bits per heavy atom. The second-order valence-corrected chi connectivity index (χ2v) is 9.77. The van der Waals surface area contributed by atoms with Crippen molar-refractivity contribution in [3.63, 3.8) is 0 Å². The largest absolute Gasteiger partial charge is 0.493 e. The second-order valence-electron chi connectivity index (χ2n) is 9.36. The molecule has 2 aromatic carbocycles. The summed E-state index contributed by atoms with van der Waals surface area (Å²) in [6.45, 7) is 7.10. The van der Waals surface area contributed by atoms with Crippen LogP contribution < -0.4 is 14.4 Å². The molecule has 0 saturated carbocycles. The molecule has 4 rings (SSSR count). The second kappa shape index (κ2) is 10.2. The fourth-order valence-corrected chi connectivity index (χ4v) is 4.31. The highest BCUT2D eigenvalue weighted by Gasteiger charge is 2.31. The van der Waals surface area contributed by atoms with Gasteiger partial charge in [0.1, 0.15) is 16.9 Å². The van der Waals surface area contributed by atoms with Crippen molar-refractivity contribution in [1.29, 1.82) is 0 Å². The summed E-state index contributed by atoms with van der Waals surface area (Å²) in [7, 11) is 3.01. The minimum atomic E-state index is -1.14. The molecule has 0 spiro atoms. The van der Waals surface area contributed by atoms with Gasteiger partial charge in [-0.1, -0.05) is 23.7 Å². The zero-order valence-electron chi connectivity index (χ0n) is 21.8. The zero-order valence-corrected chi connectivity index (χ0v) is 22.5. The highest BCUT2D eigenvalue weighted by molar-refractivity contribution is 6.34. The number of imidazole rings is 1. The van der Waals surface area contributed by atoms with E-state index in [1.165, 1.54) is 31.4 Å². The number of amides is 1. The average Bonchev–Trinajstić information content (AvgIpc) is 3.27. The van der Waals surface area contributed by atoms with Crippen LogP contribution in [0.4, 0.5) is 16.3 Å². The molecule has 0 saturated heterocycles. The minimum Gasteiger partial charge on any atom is -0.493 e. The van der Waals surface area contributed by atoms with E-state index >= 15 is 0 Å². The Balaban J connectivity index is 2.14. The lowest BCUT2D eigenvalue weighted by Crippen LogP contribution is -2.35. The minimum absolute atomic E-state index is 0.178. The molecule has 2 heterocycles. The van der Waals surface area contributed by atoms with Crippen molar-refractivity contribution in [2.24, 2.45) is 0 Å². The molecule has 1 N–H and O–H groups in total. The summed E-state index contributed by atoms with van der Waals surface area (Å²) in [5.41, 5.74) is 1.65. The van der Waals surface area contributed by atoms with E-state index in [2.05, 4.69) is 4.98 Å². The number of methoxy groups -OCH3 is 2. The number of aliphatic carboxylic acids is 1. The molecular weight excluding hydrogens is 512 g/mol. The first-order chi connectivity index (χ1) is 17.9. The monoisotopic (exact) mass is 538 g/mol. The third-order valence-electron chi connectivity index (χ3n) is 5.54. The van der Waals surface area contributed by atoms with Crippen molar-refractivity contribution in [2.75, 3.05) is 19.1 Å².